The van der Waals surface area contributed by atoms with Crippen LogP contribution in [0.25, 0.3) is 0 Å². The van der Waals surface area contributed by atoms with Crippen LogP contribution in [0.2, 0.25) is 0 Å². The number of benzene rings is 3. The maximum atomic E-state index is 12.4. The molecule has 1 fully saturated rings. The Hall–Kier alpha value is -3.93. The molecule has 4 rings (SSSR count). The number of allylic oxidation sites excluding steroid dienone is 1. The van der Waals surface area contributed by atoms with Gasteiger partial charge in [0, 0.05) is 13.5 Å². The van der Waals surface area contributed by atoms with Crippen LogP contribution in [0.4, 0.5) is 0 Å². The molecule has 0 bridgehead atoms. The van der Waals surface area contributed by atoms with E-state index in [0.29, 0.717) is 13.2 Å². The van der Waals surface area contributed by atoms with Gasteiger partial charge in [0.05, 0.1) is 13.2 Å². The van der Waals surface area contributed by atoms with Crippen molar-refractivity contribution in [1.82, 2.24) is 10.2 Å². The number of ether oxygens (including phenoxy) is 3. The number of carbonyl (C=O) groups excluding carboxylic acids is 1. The molecule has 1 saturated heterocycles. The maximum Gasteiger partial charge on any atom is 0.252 e. The summed E-state index contributed by atoms with van der Waals surface area (Å²) < 4.78 is 18.0. The molecule has 1 amide bonds. The third-order valence-electron chi connectivity index (χ3n) is 6.21. The first-order valence-corrected chi connectivity index (χ1v) is 13.0. The normalized spacial score (nSPS) is 16.1. The van der Waals surface area contributed by atoms with E-state index in [1.54, 1.807) is 0 Å². The number of amides is 1. The zero-order valence-electron chi connectivity index (χ0n) is 21.9. The molecular weight excluding hydrogens is 464 g/mol. The minimum atomic E-state index is -0.318. The van der Waals surface area contributed by atoms with Crippen molar-refractivity contribution in [3.8, 4) is 23.0 Å². The van der Waals surface area contributed by atoms with Gasteiger partial charge in [0.25, 0.3) is 5.91 Å². The predicted octanol–water partition coefficient (Wildman–Crippen LogP) is 6.63. The molecule has 194 valence electrons. The highest BCUT2D eigenvalue weighted by Crippen LogP contribution is 2.30. The second-order valence-electron chi connectivity index (χ2n) is 9.05. The summed E-state index contributed by atoms with van der Waals surface area (Å²) in [7, 11) is 1.93. The summed E-state index contributed by atoms with van der Waals surface area (Å²) in [6, 6.07) is 23.2. The first-order valence-electron chi connectivity index (χ1n) is 13.0. The monoisotopic (exact) mass is 500 g/mol. The fourth-order valence-electron chi connectivity index (χ4n) is 4.39. The van der Waals surface area contributed by atoms with Gasteiger partial charge in [-0.3, -0.25) is 4.79 Å². The molecule has 6 heteroatoms. The highest BCUT2D eigenvalue weighted by atomic mass is 16.5. The summed E-state index contributed by atoms with van der Waals surface area (Å²) >= 11 is 0. The second-order valence-corrected chi connectivity index (χ2v) is 9.05. The van der Waals surface area contributed by atoms with E-state index in [4.69, 9.17) is 14.2 Å². The average molecular weight is 501 g/mol. The van der Waals surface area contributed by atoms with Gasteiger partial charge in [-0.1, -0.05) is 50.6 Å². The van der Waals surface area contributed by atoms with Crippen molar-refractivity contribution in [2.75, 3.05) is 20.3 Å². The number of hydrogen-bond acceptors (Lipinski definition) is 5. The Morgan fingerprint density at radius 1 is 0.892 bits per heavy atom. The lowest BCUT2D eigenvalue weighted by molar-refractivity contribution is -0.121. The molecule has 3 aromatic carbocycles. The van der Waals surface area contributed by atoms with Gasteiger partial charge in [-0.05, 0) is 72.5 Å². The summed E-state index contributed by atoms with van der Waals surface area (Å²) in [6.07, 6.45) is 5.61. The van der Waals surface area contributed by atoms with Crippen LogP contribution in [-0.2, 0) is 11.2 Å². The van der Waals surface area contributed by atoms with Crippen molar-refractivity contribution in [2.24, 2.45) is 0 Å². The molecule has 1 unspecified atom stereocenters. The highest BCUT2D eigenvalue weighted by Gasteiger charge is 2.33. The molecule has 0 aliphatic carbocycles. The minimum absolute atomic E-state index is 0.00452. The van der Waals surface area contributed by atoms with Crippen molar-refractivity contribution in [2.45, 2.75) is 45.6 Å². The van der Waals surface area contributed by atoms with Crippen molar-refractivity contribution in [3.63, 3.8) is 0 Å². The van der Waals surface area contributed by atoms with Gasteiger partial charge in [-0.2, -0.15) is 0 Å². The molecule has 0 aromatic heterocycles. The molecule has 0 radical (unpaired) electrons. The lowest BCUT2D eigenvalue weighted by Gasteiger charge is -2.20. The van der Waals surface area contributed by atoms with Gasteiger partial charge in [0.2, 0.25) is 0 Å². The van der Waals surface area contributed by atoms with Crippen LogP contribution in [0.15, 0.2) is 84.7 Å². The first-order chi connectivity index (χ1) is 18.1. The standard InChI is InChI=1S/C31H36N2O4/c1-4-10-24-22-27(37-26-12-7-6-8-13-26)18-19-28(24)36-21-9-20-35-25-16-14-23(15-17-25)30-31(34)32-29(11-5-2)33(30)3/h6-8,11-19,22,30H,4-5,9-10,20-21H2,1-3H3,(H,32,34)/b29-11+. The molecular formula is C31H36N2O4. The van der Waals surface area contributed by atoms with E-state index in [1.165, 1.54) is 0 Å². The number of nitrogens with one attached hydrogen (secondary N) is 1. The summed E-state index contributed by atoms with van der Waals surface area (Å²) in [5, 5.41) is 2.95. The smallest absolute Gasteiger partial charge is 0.252 e. The molecule has 1 heterocycles. The minimum Gasteiger partial charge on any atom is -0.493 e. The molecule has 6 nitrogen and oxygen atoms in total. The van der Waals surface area contributed by atoms with Crippen molar-refractivity contribution >= 4 is 5.91 Å². The number of nitrogens with zero attached hydrogens (tertiary/aromatic N) is 1. The summed E-state index contributed by atoms with van der Waals surface area (Å²) in [5.74, 6) is 4.16. The van der Waals surface area contributed by atoms with Crippen LogP contribution < -0.4 is 19.5 Å². The zero-order valence-corrected chi connectivity index (χ0v) is 21.9. The van der Waals surface area contributed by atoms with Crippen molar-refractivity contribution < 1.29 is 19.0 Å². The van der Waals surface area contributed by atoms with Gasteiger partial charge >= 0.3 is 0 Å². The first kappa shape index (κ1) is 26.1. The number of aryl methyl sites for hydroxylation is 1. The molecule has 1 N–H and O–H groups in total. The van der Waals surface area contributed by atoms with E-state index in [1.807, 2.05) is 84.8 Å². The van der Waals surface area contributed by atoms with E-state index in [2.05, 4.69) is 25.2 Å². The van der Waals surface area contributed by atoms with E-state index in [0.717, 1.165) is 65.6 Å². The number of carbonyl (C=O) groups is 1. The molecule has 1 aliphatic rings. The topological polar surface area (TPSA) is 60.0 Å². The maximum absolute atomic E-state index is 12.4. The number of rotatable bonds is 12. The van der Waals surface area contributed by atoms with E-state index in [9.17, 15) is 4.79 Å². The third kappa shape index (κ3) is 6.85. The van der Waals surface area contributed by atoms with E-state index in [-0.39, 0.29) is 11.9 Å². The van der Waals surface area contributed by atoms with Crippen LogP contribution in [0.1, 0.15) is 50.3 Å². The van der Waals surface area contributed by atoms with Crippen LogP contribution in [-0.4, -0.2) is 31.1 Å². The van der Waals surface area contributed by atoms with E-state index >= 15 is 0 Å². The Bertz CT molecular complexity index is 1190. The summed E-state index contributed by atoms with van der Waals surface area (Å²) in [4.78, 5) is 14.4. The van der Waals surface area contributed by atoms with Crippen LogP contribution in [0, 0.1) is 0 Å². The Kier molecular flexibility index (Phi) is 9.08. The van der Waals surface area contributed by atoms with Gasteiger partial charge in [0.1, 0.15) is 34.9 Å². The Labute approximate surface area is 219 Å². The third-order valence-corrected chi connectivity index (χ3v) is 6.21. The predicted molar refractivity (Wildman–Crippen MR) is 146 cm³/mol. The highest BCUT2D eigenvalue weighted by molar-refractivity contribution is 5.87. The van der Waals surface area contributed by atoms with Crippen molar-refractivity contribution in [1.29, 1.82) is 0 Å². The van der Waals surface area contributed by atoms with E-state index < -0.39 is 0 Å². The fourth-order valence-corrected chi connectivity index (χ4v) is 4.39. The molecule has 0 spiro atoms. The molecule has 1 atom stereocenters. The Morgan fingerprint density at radius 2 is 1.62 bits per heavy atom. The quantitative estimate of drug-likeness (QED) is 0.283. The fraction of sp³-hybridized carbons (Fsp3) is 0.323. The van der Waals surface area contributed by atoms with Crippen molar-refractivity contribution in [3.05, 3.63) is 95.8 Å². The number of hydrogen-bond donors (Lipinski definition) is 1. The number of para-hydroxylation sites is 1. The second kappa shape index (κ2) is 12.9. The lowest BCUT2D eigenvalue weighted by Crippen LogP contribution is -2.20. The average Bonchev–Trinajstić information content (AvgIpc) is 3.19. The SMILES string of the molecule is CC/C=C1\NC(=O)C(c2ccc(OCCCOc3ccc(Oc4ccccc4)cc3CCC)cc2)N1C. The Balaban J connectivity index is 1.25. The zero-order chi connectivity index (χ0) is 26.0. The molecule has 1 aliphatic heterocycles. The molecule has 3 aromatic rings. The number of likely N-dealkylation sites (N-methyl/N-ethyl adjacent to an activating group) is 1. The summed E-state index contributed by atoms with van der Waals surface area (Å²) in [6.45, 7) is 5.32. The summed E-state index contributed by atoms with van der Waals surface area (Å²) in [5.41, 5.74) is 2.09. The van der Waals surface area contributed by atoms with Gasteiger partial charge in [-0.15, -0.1) is 0 Å². The van der Waals surface area contributed by atoms with Gasteiger partial charge < -0.3 is 24.4 Å². The lowest BCUT2D eigenvalue weighted by atomic mass is 10.1. The Morgan fingerprint density at radius 3 is 2.35 bits per heavy atom. The van der Waals surface area contributed by atoms with Gasteiger partial charge in [0.15, 0.2) is 0 Å². The molecule has 0 saturated carbocycles. The largest absolute Gasteiger partial charge is 0.493 e. The molecule has 37 heavy (non-hydrogen) atoms. The van der Waals surface area contributed by atoms with Gasteiger partial charge in [-0.25, -0.2) is 0 Å². The van der Waals surface area contributed by atoms with Crippen LogP contribution in [0.5, 0.6) is 23.0 Å². The van der Waals surface area contributed by atoms with Crippen LogP contribution in [0.3, 0.4) is 0 Å². The van der Waals surface area contributed by atoms with Crippen LogP contribution >= 0.6 is 0 Å².